The maximum atomic E-state index is 12.4. The number of benzene rings is 2. The molecule has 1 N–H and O–H groups in total. The SMILES string of the molecule is O=C(Nc1ccc2ccccc2c1)c1cc2c(s1)CCC2. The number of anilines is 1. The number of hydrogen-bond acceptors (Lipinski definition) is 2. The van der Waals surface area contributed by atoms with Crippen molar-refractivity contribution in [3.05, 3.63) is 63.8 Å². The molecule has 0 aliphatic heterocycles. The third-order valence-electron chi connectivity index (χ3n) is 3.98. The summed E-state index contributed by atoms with van der Waals surface area (Å²) in [6.45, 7) is 0. The molecule has 1 aromatic heterocycles. The summed E-state index contributed by atoms with van der Waals surface area (Å²) in [7, 11) is 0. The van der Waals surface area contributed by atoms with Gasteiger partial charge in [0.05, 0.1) is 4.88 Å². The van der Waals surface area contributed by atoms with E-state index in [-0.39, 0.29) is 5.91 Å². The monoisotopic (exact) mass is 293 g/mol. The zero-order valence-corrected chi connectivity index (χ0v) is 12.4. The molecule has 0 bridgehead atoms. The molecule has 0 spiro atoms. The van der Waals surface area contributed by atoms with E-state index in [2.05, 4.69) is 23.5 Å². The smallest absolute Gasteiger partial charge is 0.265 e. The molecule has 104 valence electrons. The Morgan fingerprint density at radius 1 is 1.00 bits per heavy atom. The van der Waals surface area contributed by atoms with Gasteiger partial charge in [-0.1, -0.05) is 30.3 Å². The van der Waals surface area contributed by atoms with Crippen LogP contribution < -0.4 is 5.32 Å². The van der Waals surface area contributed by atoms with Crippen molar-refractivity contribution in [3.8, 4) is 0 Å². The lowest BCUT2D eigenvalue weighted by atomic mass is 10.1. The first-order valence-corrected chi connectivity index (χ1v) is 8.03. The Morgan fingerprint density at radius 2 is 1.86 bits per heavy atom. The quantitative estimate of drug-likeness (QED) is 0.732. The van der Waals surface area contributed by atoms with E-state index in [0.717, 1.165) is 28.8 Å². The van der Waals surface area contributed by atoms with E-state index in [1.54, 1.807) is 11.3 Å². The van der Waals surface area contributed by atoms with Crippen LogP contribution in [0.4, 0.5) is 5.69 Å². The standard InChI is InChI=1S/C18H15NOS/c20-18(17-11-14-6-3-7-16(14)21-17)19-15-9-8-12-4-1-2-5-13(12)10-15/h1-2,4-5,8-11H,3,6-7H2,(H,19,20). The second-order valence-electron chi connectivity index (χ2n) is 5.43. The van der Waals surface area contributed by atoms with Crippen LogP contribution in [0.25, 0.3) is 10.8 Å². The van der Waals surface area contributed by atoms with Gasteiger partial charge in [0.2, 0.25) is 0 Å². The summed E-state index contributed by atoms with van der Waals surface area (Å²) in [5.41, 5.74) is 2.22. The predicted octanol–water partition coefficient (Wildman–Crippen LogP) is 4.64. The minimum atomic E-state index is 0.00433. The molecule has 2 aromatic carbocycles. The fraction of sp³-hybridized carbons (Fsp3) is 0.167. The highest BCUT2D eigenvalue weighted by Gasteiger charge is 2.18. The minimum Gasteiger partial charge on any atom is -0.321 e. The van der Waals surface area contributed by atoms with Gasteiger partial charge >= 0.3 is 0 Å². The van der Waals surface area contributed by atoms with Crippen LogP contribution in [0.5, 0.6) is 0 Å². The second kappa shape index (κ2) is 5.01. The Morgan fingerprint density at radius 3 is 2.71 bits per heavy atom. The van der Waals surface area contributed by atoms with Gasteiger partial charge in [0.15, 0.2) is 0 Å². The van der Waals surface area contributed by atoms with Crippen LogP contribution in [-0.2, 0) is 12.8 Å². The van der Waals surface area contributed by atoms with Crippen molar-refractivity contribution in [3.63, 3.8) is 0 Å². The van der Waals surface area contributed by atoms with Crippen molar-refractivity contribution in [2.24, 2.45) is 0 Å². The number of nitrogens with one attached hydrogen (secondary N) is 1. The van der Waals surface area contributed by atoms with E-state index in [9.17, 15) is 4.79 Å². The van der Waals surface area contributed by atoms with Crippen LogP contribution in [0.2, 0.25) is 0 Å². The average molecular weight is 293 g/mol. The van der Waals surface area contributed by atoms with Gasteiger partial charge in [0.1, 0.15) is 0 Å². The van der Waals surface area contributed by atoms with E-state index < -0.39 is 0 Å². The molecule has 3 aromatic rings. The highest BCUT2D eigenvalue weighted by molar-refractivity contribution is 7.14. The molecular formula is C18H15NOS. The van der Waals surface area contributed by atoms with Crippen molar-refractivity contribution < 1.29 is 4.79 Å². The first-order chi connectivity index (χ1) is 10.3. The average Bonchev–Trinajstić information content (AvgIpc) is 3.08. The Bertz CT molecular complexity index is 813. The largest absolute Gasteiger partial charge is 0.321 e. The molecule has 1 aliphatic rings. The number of thiophene rings is 1. The lowest BCUT2D eigenvalue weighted by Gasteiger charge is -2.05. The van der Waals surface area contributed by atoms with Crippen molar-refractivity contribution in [2.75, 3.05) is 5.32 Å². The topological polar surface area (TPSA) is 29.1 Å². The zero-order chi connectivity index (χ0) is 14.2. The molecule has 0 saturated heterocycles. The van der Waals surface area contributed by atoms with E-state index >= 15 is 0 Å². The summed E-state index contributed by atoms with van der Waals surface area (Å²) in [5.74, 6) is 0.00433. The van der Waals surface area contributed by atoms with Crippen LogP contribution in [-0.4, -0.2) is 5.91 Å². The van der Waals surface area contributed by atoms with Gasteiger partial charge in [0.25, 0.3) is 5.91 Å². The number of amides is 1. The first kappa shape index (κ1) is 12.6. The number of rotatable bonds is 2. The molecule has 0 unspecified atom stereocenters. The van der Waals surface area contributed by atoms with Crippen LogP contribution in [0.3, 0.4) is 0 Å². The lowest BCUT2D eigenvalue weighted by Crippen LogP contribution is -2.10. The Hall–Kier alpha value is -2.13. The summed E-state index contributed by atoms with van der Waals surface area (Å²) in [6.07, 6.45) is 3.48. The molecule has 1 aliphatic carbocycles. The fourth-order valence-corrected chi connectivity index (χ4v) is 4.05. The molecule has 1 amide bonds. The molecule has 3 heteroatoms. The summed E-state index contributed by atoms with van der Waals surface area (Å²) in [6, 6.07) is 16.2. The number of carbonyl (C=O) groups is 1. The zero-order valence-electron chi connectivity index (χ0n) is 11.6. The highest BCUT2D eigenvalue weighted by atomic mass is 32.1. The third kappa shape index (κ3) is 2.34. The fourth-order valence-electron chi connectivity index (χ4n) is 2.90. The first-order valence-electron chi connectivity index (χ1n) is 7.21. The van der Waals surface area contributed by atoms with E-state index in [4.69, 9.17) is 0 Å². The molecule has 0 saturated carbocycles. The molecule has 0 fully saturated rings. The van der Waals surface area contributed by atoms with Crippen LogP contribution in [0, 0.1) is 0 Å². The van der Waals surface area contributed by atoms with Gasteiger partial charge < -0.3 is 5.32 Å². The van der Waals surface area contributed by atoms with Crippen LogP contribution >= 0.6 is 11.3 Å². The Kier molecular flexibility index (Phi) is 3.00. The van der Waals surface area contributed by atoms with Gasteiger partial charge in [0, 0.05) is 10.6 Å². The van der Waals surface area contributed by atoms with Crippen molar-refractivity contribution in [1.29, 1.82) is 0 Å². The van der Waals surface area contributed by atoms with Gasteiger partial charge in [-0.15, -0.1) is 11.3 Å². The lowest BCUT2D eigenvalue weighted by molar-refractivity contribution is 0.103. The van der Waals surface area contributed by atoms with Gasteiger partial charge in [-0.25, -0.2) is 0 Å². The number of fused-ring (bicyclic) bond motifs is 2. The van der Waals surface area contributed by atoms with E-state index in [0.29, 0.717) is 0 Å². The van der Waals surface area contributed by atoms with Crippen LogP contribution in [0.15, 0.2) is 48.5 Å². The molecule has 21 heavy (non-hydrogen) atoms. The second-order valence-corrected chi connectivity index (χ2v) is 6.57. The summed E-state index contributed by atoms with van der Waals surface area (Å²) in [4.78, 5) is 14.6. The summed E-state index contributed by atoms with van der Waals surface area (Å²) < 4.78 is 0. The van der Waals surface area contributed by atoms with Gasteiger partial charge in [-0.3, -0.25) is 4.79 Å². The maximum Gasteiger partial charge on any atom is 0.265 e. The molecule has 2 nitrogen and oxygen atoms in total. The van der Waals surface area contributed by atoms with Crippen molar-refractivity contribution in [2.45, 2.75) is 19.3 Å². The number of hydrogen-bond donors (Lipinski definition) is 1. The molecular weight excluding hydrogens is 278 g/mol. The predicted molar refractivity (Wildman–Crippen MR) is 88.2 cm³/mol. The summed E-state index contributed by atoms with van der Waals surface area (Å²) in [5, 5.41) is 5.34. The van der Waals surface area contributed by atoms with E-state index in [1.165, 1.54) is 22.2 Å². The normalized spacial score (nSPS) is 13.3. The molecule has 1 heterocycles. The maximum absolute atomic E-state index is 12.4. The Balaban J connectivity index is 1.59. The molecule has 0 radical (unpaired) electrons. The molecule has 0 atom stereocenters. The highest BCUT2D eigenvalue weighted by Crippen LogP contribution is 2.31. The third-order valence-corrected chi connectivity index (χ3v) is 5.21. The number of carbonyl (C=O) groups excluding carboxylic acids is 1. The minimum absolute atomic E-state index is 0.00433. The van der Waals surface area contributed by atoms with E-state index in [1.807, 2.05) is 30.3 Å². The molecule has 4 rings (SSSR count). The van der Waals surface area contributed by atoms with Crippen molar-refractivity contribution in [1.82, 2.24) is 0 Å². The number of aryl methyl sites for hydroxylation is 2. The van der Waals surface area contributed by atoms with Crippen LogP contribution in [0.1, 0.15) is 26.5 Å². The van der Waals surface area contributed by atoms with Crippen molar-refractivity contribution >= 4 is 33.7 Å². The van der Waals surface area contributed by atoms with Gasteiger partial charge in [-0.2, -0.15) is 0 Å². The summed E-state index contributed by atoms with van der Waals surface area (Å²) >= 11 is 1.64. The Labute approximate surface area is 127 Å². The van der Waals surface area contributed by atoms with Gasteiger partial charge in [-0.05, 0) is 53.8 Å².